The summed E-state index contributed by atoms with van der Waals surface area (Å²) in [4.78, 5) is 26.3. The van der Waals surface area contributed by atoms with E-state index in [2.05, 4.69) is 0 Å². The molecule has 2 fully saturated rings. The predicted molar refractivity (Wildman–Crippen MR) is 80.8 cm³/mol. The minimum absolute atomic E-state index is 0.0729. The van der Waals surface area contributed by atoms with Crippen LogP contribution in [0, 0.1) is 25.2 Å². The summed E-state index contributed by atoms with van der Waals surface area (Å²) in [5, 5.41) is 9.67. The molecule has 0 unspecified atom stereocenters. The first-order chi connectivity index (χ1) is 10.5. The molecular formula is C17H21NO4. The van der Waals surface area contributed by atoms with Crippen molar-refractivity contribution >= 4 is 11.9 Å². The number of benzene rings is 1. The van der Waals surface area contributed by atoms with Crippen LogP contribution in [0.15, 0.2) is 18.2 Å². The molecule has 3 rings (SSSR count). The molecule has 0 aliphatic carbocycles. The van der Waals surface area contributed by atoms with E-state index in [0.717, 1.165) is 11.1 Å². The average molecular weight is 303 g/mol. The molecule has 0 spiro atoms. The van der Waals surface area contributed by atoms with Crippen LogP contribution >= 0.6 is 0 Å². The number of rotatable bonds is 2. The number of carbonyl (C=O) groups is 2. The summed E-state index contributed by atoms with van der Waals surface area (Å²) in [6, 6.07) is 5.66. The zero-order chi connectivity index (χ0) is 15.9. The van der Waals surface area contributed by atoms with Gasteiger partial charge in [-0.2, -0.15) is 0 Å². The van der Waals surface area contributed by atoms with Gasteiger partial charge in [-0.05, 0) is 37.5 Å². The second kappa shape index (κ2) is 5.39. The van der Waals surface area contributed by atoms with Crippen molar-refractivity contribution in [3.63, 3.8) is 0 Å². The van der Waals surface area contributed by atoms with Crippen LogP contribution in [0.25, 0.3) is 0 Å². The van der Waals surface area contributed by atoms with Crippen LogP contribution in [-0.2, 0) is 9.53 Å². The molecule has 22 heavy (non-hydrogen) atoms. The SMILES string of the molecule is Cc1cccc(C(=O)N2C[C@H]3COCC[C@@]3(C(=O)O)C2)c1C. The van der Waals surface area contributed by atoms with Crippen LogP contribution in [-0.4, -0.2) is 48.2 Å². The van der Waals surface area contributed by atoms with Gasteiger partial charge in [-0.15, -0.1) is 0 Å². The van der Waals surface area contributed by atoms with Gasteiger partial charge in [0.15, 0.2) is 0 Å². The Hall–Kier alpha value is -1.88. The molecule has 1 amide bonds. The molecule has 5 nitrogen and oxygen atoms in total. The third kappa shape index (κ3) is 2.20. The fourth-order valence-electron chi connectivity index (χ4n) is 3.61. The second-order valence-corrected chi connectivity index (χ2v) is 6.42. The topological polar surface area (TPSA) is 66.8 Å². The summed E-state index contributed by atoms with van der Waals surface area (Å²) in [6.07, 6.45) is 0.476. The van der Waals surface area contributed by atoms with Gasteiger partial charge < -0.3 is 14.7 Å². The Labute approximate surface area is 129 Å². The van der Waals surface area contributed by atoms with Crippen molar-refractivity contribution < 1.29 is 19.4 Å². The average Bonchev–Trinajstić information content (AvgIpc) is 2.90. The smallest absolute Gasteiger partial charge is 0.311 e. The fraction of sp³-hybridized carbons (Fsp3) is 0.529. The molecule has 2 aliphatic heterocycles. The van der Waals surface area contributed by atoms with Gasteiger partial charge in [-0.25, -0.2) is 0 Å². The summed E-state index contributed by atoms with van der Waals surface area (Å²) in [5.41, 5.74) is 1.85. The molecule has 2 heterocycles. The number of aliphatic carboxylic acids is 1. The molecule has 2 aliphatic rings. The summed E-state index contributed by atoms with van der Waals surface area (Å²) in [5.74, 6) is -0.999. The van der Waals surface area contributed by atoms with Crippen LogP contribution in [0.2, 0.25) is 0 Å². The highest BCUT2D eigenvalue weighted by molar-refractivity contribution is 5.96. The van der Waals surface area contributed by atoms with Crippen molar-refractivity contribution in [2.75, 3.05) is 26.3 Å². The Morgan fingerprint density at radius 2 is 2.14 bits per heavy atom. The van der Waals surface area contributed by atoms with Crippen LogP contribution in [0.1, 0.15) is 27.9 Å². The molecular weight excluding hydrogens is 282 g/mol. The van der Waals surface area contributed by atoms with Crippen LogP contribution in [0.4, 0.5) is 0 Å². The predicted octanol–water partition coefficient (Wildman–Crippen LogP) is 1.87. The summed E-state index contributed by atoms with van der Waals surface area (Å²) >= 11 is 0. The monoisotopic (exact) mass is 303 g/mol. The van der Waals surface area contributed by atoms with E-state index in [9.17, 15) is 14.7 Å². The van der Waals surface area contributed by atoms with Crippen molar-refractivity contribution in [2.24, 2.45) is 11.3 Å². The zero-order valence-corrected chi connectivity index (χ0v) is 13.0. The number of nitrogens with zero attached hydrogens (tertiary/aromatic N) is 1. The van der Waals surface area contributed by atoms with Crippen LogP contribution < -0.4 is 0 Å². The van der Waals surface area contributed by atoms with E-state index in [0.29, 0.717) is 31.7 Å². The van der Waals surface area contributed by atoms with Gasteiger partial charge in [-0.3, -0.25) is 9.59 Å². The van der Waals surface area contributed by atoms with E-state index in [1.165, 1.54) is 0 Å². The molecule has 1 N–H and O–H groups in total. The van der Waals surface area contributed by atoms with Gasteiger partial charge in [0.2, 0.25) is 0 Å². The molecule has 0 bridgehead atoms. The number of fused-ring (bicyclic) bond motifs is 1. The number of aryl methyl sites for hydroxylation is 1. The first-order valence-corrected chi connectivity index (χ1v) is 7.62. The van der Waals surface area contributed by atoms with Crippen molar-refractivity contribution in [3.05, 3.63) is 34.9 Å². The number of carboxylic acid groups (broad SMARTS) is 1. The van der Waals surface area contributed by atoms with Gasteiger partial charge in [-0.1, -0.05) is 12.1 Å². The van der Waals surface area contributed by atoms with E-state index < -0.39 is 11.4 Å². The Morgan fingerprint density at radius 1 is 1.36 bits per heavy atom. The summed E-state index contributed by atoms with van der Waals surface area (Å²) < 4.78 is 5.43. The van der Waals surface area contributed by atoms with E-state index in [-0.39, 0.29) is 18.4 Å². The highest BCUT2D eigenvalue weighted by atomic mass is 16.5. The maximum atomic E-state index is 12.8. The Bertz CT molecular complexity index is 627. The minimum atomic E-state index is -0.842. The third-order valence-corrected chi connectivity index (χ3v) is 5.25. The van der Waals surface area contributed by atoms with E-state index in [1.807, 2.05) is 32.0 Å². The molecule has 0 aromatic heterocycles. The number of ether oxygens (including phenoxy) is 1. The van der Waals surface area contributed by atoms with Gasteiger partial charge >= 0.3 is 5.97 Å². The number of hydrogen-bond acceptors (Lipinski definition) is 3. The first kappa shape index (κ1) is 15.0. The van der Waals surface area contributed by atoms with Crippen molar-refractivity contribution in [1.29, 1.82) is 0 Å². The molecule has 2 saturated heterocycles. The maximum Gasteiger partial charge on any atom is 0.311 e. The Kier molecular flexibility index (Phi) is 3.68. The first-order valence-electron chi connectivity index (χ1n) is 7.62. The number of hydrogen-bond donors (Lipinski definition) is 1. The Balaban J connectivity index is 1.89. The lowest BCUT2D eigenvalue weighted by atomic mass is 9.74. The number of carboxylic acids is 1. The van der Waals surface area contributed by atoms with Crippen molar-refractivity contribution in [1.82, 2.24) is 4.90 Å². The number of likely N-dealkylation sites (tertiary alicyclic amines) is 1. The highest BCUT2D eigenvalue weighted by Gasteiger charge is 2.55. The van der Waals surface area contributed by atoms with Gasteiger partial charge in [0.1, 0.15) is 0 Å². The Morgan fingerprint density at radius 3 is 2.82 bits per heavy atom. The normalized spacial score (nSPS) is 27.5. The lowest BCUT2D eigenvalue weighted by Crippen LogP contribution is -2.45. The van der Waals surface area contributed by atoms with Crippen molar-refractivity contribution in [2.45, 2.75) is 20.3 Å². The highest BCUT2D eigenvalue weighted by Crippen LogP contribution is 2.43. The van der Waals surface area contributed by atoms with Crippen molar-refractivity contribution in [3.8, 4) is 0 Å². The molecule has 1 aromatic carbocycles. The number of amides is 1. The van der Waals surface area contributed by atoms with Gasteiger partial charge in [0, 0.05) is 31.2 Å². The molecule has 0 radical (unpaired) electrons. The maximum absolute atomic E-state index is 12.8. The summed E-state index contributed by atoms with van der Waals surface area (Å²) in [6.45, 7) is 5.52. The van der Waals surface area contributed by atoms with Crippen LogP contribution in [0.3, 0.4) is 0 Å². The van der Waals surface area contributed by atoms with E-state index in [4.69, 9.17) is 4.74 Å². The molecule has 118 valence electrons. The fourth-order valence-corrected chi connectivity index (χ4v) is 3.61. The largest absolute Gasteiger partial charge is 0.481 e. The van der Waals surface area contributed by atoms with Gasteiger partial charge in [0.25, 0.3) is 5.91 Å². The molecule has 5 heteroatoms. The van der Waals surface area contributed by atoms with E-state index in [1.54, 1.807) is 4.90 Å². The minimum Gasteiger partial charge on any atom is -0.481 e. The van der Waals surface area contributed by atoms with Crippen LogP contribution in [0.5, 0.6) is 0 Å². The second-order valence-electron chi connectivity index (χ2n) is 6.42. The standard InChI is InChI=1S/C17H21NO4/c1-11-4-3-5-14(12(11)2)15(19)18-8-13-9-22-7-6-17(13,10-18)16(20)21/h3-5,13H,6-10H2,1-2H3,(H,20,21)/t13-,17+/m0/s1. The zero-order valence-electron chi connectivity index (χ0n) is 13.0. The lowest BCUT2D eigenvalue weighted by molar-refractivity contribution is -0.157. The number of carbonyl (C=O) groups excluding carboxylic acids is 1. The molecule has 1 aromatic rings. The third-order valence-electron chi connectivity index (χ3n) is 5.25. The molecule has 0 saturated carbocycles. The summed E-state index contributed by atoms with van der Waals surface area (Å²) in [7, 11) is 0. The van der Waals surface area contributed by atoms with E-state index >= 15 is 0 Å². The molecule has 2 atom stereocenters. The van der Waals surface area contributed by atoms with Gasteiger partial charge in [0.05, 0.1) is 12.0 Å². The lowest BCUT2D eigenvalue weighted by Gasteiger charge is -2.33. The quantitative estimate of drug-likeness (QED) is 0.905.